The first-order valence-electron chi connectivity index (χ1n) is 7.33. The van der Waals surface area contributed by atoms with Gasteiger partial charge >= 0.3 is 5.97 Å². The molecule has 7 heteroatoms. The van der Waals surface area contributed by atoms with Crippen molar-refractivity contribution >= 4 is 17.7 Å². The molecule has 0 spiro atoms. The summed E-state index contributed by atoms with van der Waals surface area (Å²) >= 11 is 0. The molecule has 124 valence electrons. The molecule has 0 bridgehead atoms. The highest BCUT2D eigenvalue weighted by molar-refractivity contribution is 6.03. The van der Waals surface area contributed by atoms with E-state index >= 15 is 0 Å². The minimum atomic E-state index is -1.22. The Morgan fingerprint density at radius 2 is 2.22 bits per heavy atom. The van der Waals surface area contributed by atoms with Crippen LogP contribution >= 0.6 is 0 Å². The number of aliphatic carboxylic acids is 1. The van der Waals surface area contributed by atoms with E-state index in [2.05, 4.69) is 11.9 Å². The topological polar surface area (TPSA) is 106 Å². The van der Waals surface area contributed by atoms with Crippen LogP contribution in [0.3, 0.4) is 0 Å². The first-order chi connectivity index (χ1) is 11.0. The van der Waals surface area contributed by atoms with Crippen LogP contribution in [-0.4, -0.2) is 42.0 Å². The third-order valence-electron chi connectivity index (χ3n) is 3.64. The lowest BCUT2D eigenvalue weighted by atomic mass is 9.94. The number of aryl methyl sites for hydroxylation is 1. The van der Waals surface area contributed by atoms with Gasteiger partial charge in [-0.25, -0.2) is 4.79 Å². The molecule has 1 aliphatic carbocycles. The highest BCUT2D eigenvalue weighted by Gasteiger charge is 2.30. The van der Waals surface area contributed by atoms with Crippen molar-refractivity contribution in [2.45, 2.75) is 32.2 Å². The highest BCUT2D eigenvalue weighted by Crippen LogP contribution is 2.29. The zero-order valence-electron chi connectivity index (χ0n) is 12.9. The second kappa shape index (κ2) is 7.23. The summed E-state index contributed by atoms with van der Waals surface area (Å²) in [7, 11) is 0. The molecule has 0 aliphatic heterocycles. The number of carbonyl (C=O) groups excluding carboxylic acids is 2. The molecule has 1 heterocycles. The van der Waals surface area contributed by atoms with Gasteiger partial charge in [-0.1, -0.05) is 6.08 Å². The van der Waals surface area contributed by atoms with Crippen LogP contribution in [0.25, 0.3) is 0 Å². The minimum absolute atomic E-state index is 0.0137. The lowest BCUT2D eigenvalue weighted by Gasteiger charge is -2.13. The smallest absolute Gasteiger partial charge is 0.328 e. The summed E-state index contributed by atoms with van der Waals surface area (Å²) in [6.07, 6.45) is 3.20. The number of carboxylic acid groups (broad SMARTS) is 1. The van der Waals surface area contributed by atoms with Crippen LogP contribution in [0.1, 0.15) is 45.1 Å². The van der Waals surface area contributed by atoms with E-state index in [1.165, 1.54) is 6.08 Å². The standard InChI is InChI=1S/C16H19NO6/c1-3-7-22-8-10(16(20)21)17-15(19)14-9(2)13-11(18)5-4-6-12(13)23-14/h3,10H,1,4-8H2,2H3,(H,17,19)(H,20,21). The minimum Gasteiger partial charge on any atom is -0.480 e. The summed E-state index contributed by atoms with van der Waals surface area (Å²) in [6.45, 7) is 5.08. The third kappa shape index (κ3) is 3.68. The number of hydrogen-bond acceptors (Lipinski definition) is 5. The lowest BCUT2D eigenvalue weighted by Crippen LogP contribution is -2.44. The summed E-state index contributed by atoms with van der Waals surface area (Å²) in [5.74, 6) is -1.44. The highest BCUT2D eigenvalue weighted by atomic mass is 16.5. The third-order valence-corrected chi connectivity index (χ3v) is 3.64. The Morgan fingerprint density at radius 3 is 2.83 bits per heavy atom. The van der Waals surface area contributed by atoms with Crippen LogP contribution < -0.4 is 5.32 Å². The predicted octanol–water partition coefficient (Wildman–Crippen LogP) is 1.49. The molecule has 0 aromatic carbocycles. The van der Waals surface area contributed by atoms with Gasteiger partial charge < -0.3 is 19.6 Å². The van der Waals surface area contributed by atoms with Crippen LogP contribution in [0.5, 0.6) is 0 Å². The fourth-order valence-electron chi connectivity index (χ4n) is 2.53. The maximum absolute atomic E-state index is 12.3. The van der Waals surface area contributed by atoms with Crippen molar-refractivity contribution < 1.29 is 28.6 Å². The molecule has 2 rings (SSSR count). The zero-order chi connectivity index (χ0) is 17.0. The lowest BCUT2D eigenvalue weighted by molar-refractivity contribution is -0.140. The number of amides is 1. The first-order valence-corrected chi connectivity index (χ1v) is 7.33. The number of furan rings is 1. The van der Waals surface area contributed by atoms with Gasteiger partial charge in [0.05, 0.1) is 18.8 Å². The number of carbonyl (C=O) groups is 3. The molecule has 23 heavy (non-hydrogen) atoms. The van der Waals surface area contributed by atoms with E-state index in [0.29, 0.717) is 36.1 Å². The maximum atomic E-state index is 12.3. The second-order valence-electron chi connectivity index (χ2n) is 5.32. The average molecular weight is 321 g/mol. The number of nitrogens with one attached hydrogen (secondary N) is 1. The van der Waals surface area contributed by atoms with Crippen LogP contribution in [0.15, 0.2) is 17.1 Å². The van der Waals surface area contributed by atoms with Gasteiger partial charge in [-0.05, 0) is 13.3 Å². The number of ether oxygens (including phenoxy) is 1. The maximum Gasteiger partial charge on any atom is 0.328 e. The molecule has 0 fully saturated rings. The Morgan fingerprint density at radius 1 is 1.48 bits per heavy atom. The Labute approximate surface area is 133 Å². The molecule has 7 nitrogen and oxygen atoms in total. The monoisotopic (exact) mass is 321 g/mol. The van der Waals surface area contributed by atoms with Crippen molar-refractivity contribution in [3.05, 3.63) is 35.3 Å². The van der Waals surface area contributed by atoms with Gasteiger partial charge in [-0.3, -0.25) is 9.59 Å². The van der Waals surface area contributed by atoms with Gasteiger partial charge in [0.25, 0.3) is 5.91 Å². The van der Waals surface area contributed by atoms with Crippen molar-refractivity contribution in [2.24, 2.45) is 0 Å². The summed E-state index contributed by atoms with van der Waals surface area (Å²) in [5, 5.41) is 11.5. The van der Waals surface area contributed by atoms with Crippen LogP contribution in [0.4, 0.5) is 0 Å². The number of ketones is 1. The second-order valence-corrected chi connectivity index (χ2v) is 5.32. The fraction of sp³-hybridized carbons (Fsp3) is 0.438. The Hall–Kier alpha value is -2.41. The van der Waals surface area contributed by atoms with E-state index in [9.17, 15) is 14.4 Å². The van der Waals surface area contributed by atoms with Gasteiger partial charge in [-0.15, -0.1) is 6.58 Å². The summed E-state index contributed by atoms with van der Waals surface area (Å²) in [6, 6.07) is -1.21. The molecule has 0 radical (unpaired) electrons. The van der Waals surface area contributed by atoms with Gasteiger partial charge in [0, 0.05) is 18.4 Å². The molecular formula is C16H19NO6. The fourth-order valence-corrected chi connectivity index (χ4v) is 2.53. The molecule has 1 unspecified atom stereocenters. The number of fused-ring (bicyclic) bond motifs is 1. The summed E-state index contributed by atoms with van der Waals surface area (Å²) in [4.78, 5) is 35.4. The largest absolute Gasteiger partial charge is 0.480 e. The number of Topliss-reactive ketones (excluding diaryl/α,β-unsaturated/α-hetero) is 1. The predicted molar refractivity (Wildman–Crippen MR) is 80.6 cm³/mol. The first kappa shape index (κ1) is 17.0. The van der Waals surface area contributed by atoms with Crippen molar-refractivity contribution in [2.75, 3.05) is 13.2 Å². The summed E-state index contributed by atoms with van der Waals surface area (Å²) in [5.41, 5.74) is 0.912. The Kier molecular flexibility index (Phi) is 5.33. The SMILES string of the molecule is C=CCOCC(NC(=O)c1oc2c(c1C)C(=O)CCC2)C(=O)O. The molecule has 1 aromatic heterocycles. The quantitative estimate of drug-likeness (QED) is 0.582. The number of carboxylic acids is 1. The van der Waals surface area contributed by atoms with E-state index in [-0.39, 0.29) is 24.8 Å². The van der Waals surface area contributed by atoms with Crippen LogP contribution in [0, 0.1) is 6.92 Å². The van der Waals surface area contributed by atoms with E-state index in [1.54, 1.807) is 6.92 Å². The number of hydrogen-bond donors (Lipinski definition) is 2. The van der Waals surface area contributed by atoms with E-state index in [4.69, 9.17) is 14.3 Å². The van der Waals surface area contributed by atoms with Crippen molar-refractivity contribution in [3.63, 3.8) is 0 Å². The number of rotatable bonds is 7. The van der Waals surface area contributed by atoms with Crippen LogP contribution in [0.2, 0.25) is 0 Å². The van der Waals surface area contributed by atoms with Crippen LogP contribution in [-0.2, 0) is 16.0 Å². The van der Waals surface area contributed by atoms with Crippen molar-refractivity contribution in [3.8, 4) is 0 Å². The molecule has 1 amide bonds. The normalized spacial score (nSPS) is 14.9. The molecule has 1 aliphatic rings. The van der Waals surface area contributed by atoms with E-state index in [0.717, 1.165) is 0 Å². The molecular weight excluding hydrogens is 302 g/mol. The van der Waals surface area contributed by atoms with Gasteiger partial charge in [0.2, 0.25) is 0 Å². The average Bonchev–Trinajstić information content (AvgIpc) is 2.84. The Balaban J connectivity index is 2.15. The Bertz CT molecular complexity index is 645. The molecule has 1 atom stereocenters. The van der Waals surface area contributed by atoms with E-state index < -0.39 is 17.9 Å². The van der Waals surface area contributed by atoms with Crippen molar-refractivity contribution in [1.82, 2.24) is 5.32 Å². The zero-order valence-corrected chi connectivity index (χ0v) is 12.9. The molecule has 0 saturated carbocycles. The van der Waals surface area contributed by atoms with E-state index in [1.807, 2.05) is 0 Å². The van der Waals surface area contributed by atoms with Crippen molar-refractivity contribution in [1.29, 1.82) is 0 Å². The van der Waals surface area contributed by atoms with Gasteiger partial charge in [0.15, 0.2) is 17.6 Å². The molecule has 1 aromatic rings. The molecule has 0 saturated heterocycles. The van der Waals surface area contributed by atoms with Gasteiger partial charge in [0.1, 0.15) is 5.76 Å². The van der Waals surface area contributed by atoms with Gasteiger partial charge in [-0.2, -0.15) is 0 Å². The molecule has 2 N–H and O–H groups in total. The summed E-state index contributed by atoms with van der Waals surface area (Å²) < 4.78 is 10.6.